The van der Waals surface area contributed by atoms with Crippen molar-refractivity contribution >= 4 is 0 Å². The first-order valence-corrected chi connectivity index (χ1v) is 5.21. The maximum atomic E-state index is 8.92. The molecule has 2 N–H and O–H groups in total. The van der Waals surface area contributed by atoms with Gasteiger partial charge in [0.2, 0.25) is 0 Å². The number of nitrogens with one attached hydrogen (secondary N) is 1. The predicted octanol–water partition coefficient (Wildman–Crippen LogP) is 1.97. The molecule has 0 saturated heterocycles. The normalized spacial score (nSPS) is 10.4. The number of hydrogen-bond donors (Lipinski definition) is 2. The summed E-state index contributed by atoms with van der Waals surface area (Å²) < 4.78 is 5.35. The van der Waals surface area contributed by atoms with Crippen molar-refractivity contribution in [1.29, 1.82) is 0 Å². The van der Waals surface area contributed by atoms with Gasteiger partial charge in [0.05, 0.1) is 25.1 Å². The van der Waals surface area contributed by atoms with Crippen molar-refractivity contribution in [2.45, 2.75) is 13.5 Å². The van der Waals surface area contributed by atoms with Crippen LogP contribution in [0.1, 0.15) is 12.6 Å². The van der Waals surface area contributed by atoms with E-state index in [2.05, 4.69) is 9.97 Å². The summed E-state index contributed by atoms with van der Waals surface area (Å²) in [6.07, 6.45) is 1.63. The summed E-state index contributed by atoms with van der Waals surface area (Å²) in [5.41, 5.74) is 1.69. The van der Waals surface area contributed by atoms with Gasteiger partial charge in [-0.3, -0.25) is 0 Å². The number of ether oxygens (including phenoxy) is 1. The molecular formula is C12H14N2O2. The number of aliphatic hydroxyl groups excluding tert-OH is 1. The zero-order valence-electron chi connectivity index (χ0n) is 9.10. The third-order valence-electron chi connectivity index (χ3n) is 2.24. The highest BCUT2D eigenvalue weighted by Crippen LogP contribution is 2.19. The zero-order valence-corrected chi connectivity index (χ0v) is 9.10. The lowest BCUT2D eigenvalue weighted by atomic mass is 10.2. The number of rotatable bonds is 4. The average molecular weight is 218 g/mol. The van der Waals surface area contributed by atoms with Crippen LogP contribution in [0.3, 0.4) is 0 Å². The first-order chi connectivity index (χ1) is 7.83. The van der Waals surface area contributed by atoms with Gasteiger partial charge in [-0.2, -0.15) is 0 Å². The Morgan fingerprint density at radius 1 is 1.31 bits per heavy atom. The van der Waals surface area contributed by atoms with Crippen molar-refractivity contribution in [2.24, 2.45) is 0 Å². The van der Waals surface area contributed by atoms with Crippen molar-refractivity contribution in [3.63, 3.8) is 0 Å². The number of aromatic amines is 1. The Labute approximate surface area is 93.9 Å². The van der Waals surface area contributed by atoms with Crippen molar-refractivity contribution in [2.75, 3.05) is 6.61 Å². The Morgan fingerprint density at radius 3 is 2.62 bits per heavy atom. The van der Waals surface area contributed by atoms with Crippen LogP contribution < -0.4 is 4.74 Å². The first-order valence-electron chi connectivity index (χ1n) is 5.21. The van der Waals surface area contributed by atoms with E-state index >= 15 is 0 Å². The molecular weight excluding hydrogens is 204 g/mol. The van der Waals surface area contributed by atoms with Crippen LogP contribution in [-0.2, 0) is 6.61 Å². The van der Waals surface area contributed by atoms with E-state index in [0.29, 0.717) is 12.3 Å². The summed E-state index contributed by atoms with van der Waals surface area (Å²) in [4.78, 5) is 7.21. The number of aromatic nitrogens is 2. The lowest BCUT2D eigenvalue weighted by Gasteiger charge is -2.03. The molecule has 1 aromatic heterocycles. The van der Waals surface area contributed by atoms with Gasteiger partial charge in [0.25, 0.3) is 0 Å². The van der Waals surface area contributed by atoms with Crippen molar-refractivity contribution in [3.05, 3.63) is 36.2 Å². The summed E-state index contributed by atoms with van der Waals surface area (Å²) in [6, 6.07) is 7.68. The topological polar surface area (TPSA) is 58.1 Å². The Kier molecular flexibility index (Phi) is 3.22. The summed E-state index contributed by atoms with van der Waals surface area (Å²) in [7, 11) is 0. The van der Waals surface area contributed by atoms with Gasteiger partial charge < -0.3 is 14.8 Å². The van der Waals surface area contributed by atoms with Gasteiger partial charge in [-0.25, -0.2) is 4.98 Å². The Hall–Kier alpha value is -1.81. The number of hydrogen-bond acceptors (Lipinski definition) is 3. The molecule has 0 aliphatic carbocycles. The molecule has 16 heavy (non-hydrogen) atoms. The average Bonchev–Trinajstić information content (AvgIpc) is 2.79. The molecule has 0 spiro atoms. The Balaban J connectivity index is 2.20. The van der Waals surface area contributed by atoms with Crippen molar-refractivity contribution in [3.8, 4) is 17.1 Å². The van der Waals surface area contributed by atoms with Crippen LogP contribution in [-0.4, -0.2) is 21.7 Å². The van der Waals surface area contributed by atoms with Crippen LogP contribution in [0.15, 0.2) is 30.5 Å². The van der Waals surface area contributed by atoms with Crippen LogP contribution in [0.25, 0.3) is 11.4 Å². The van der Waals surface area contributed by atoms with Crippen LogP contribution in [0.5, 0.6) is 5.75 Å². The molecule has 1 heterocycles. The molecule has 0 bridgehead atoms. The molecule has 0 radical (unpaired) electrons. The largest absolute Gasteiger partial charge is 0.494 e. The smallest absolute Gasteiger partial charge is 0.137 e. The highest BCUT2D eigenvalue weighted by molar-refractivity contribution is 5.56. The van der Waals surface area contributed by atoms with Crippen molar-refractivity contribution < 1.29 is 9.84 Å². The molecule has 4 nitrogen and oxygen atoms in total. The van der Waals surface area contributed by atoms with Crippen molar-refractivity contribution in [1.82, 2.24) is 9.97 Å². The number of H-pyrrole nitrogens is 1. The maximum Gasteiger partial charge on any atom is 0.137 e. The fraction of sp³-hybridized carbons (Fsp3) is 0.250. The van der Waals surface area contributed by atoms with E-state index in [0.717, 1.165) is 17.1 Å². The van der Waals surface area contributed by atoms with E-state index in [9.17, 15) is 0 Å². The van der Waals surface area contributed by atoms with Gasteiger partial charge >= 0.3 is 0 Å². The molecule has 2 aromatic rings. The highest BCUT2D eigenvalue weighted by atomic mass is 16.5. The molecule has 0 aliphatic rings. The van der Waals surface area contributed by atoms with Gasteiger partial charge in [-0.1, -0.05) is 0 Å². The van der Waals surface area contributed by atoms with E-state index in [-0.39, 0.29) is 6.61 Å². The molecule has 1 aromatic carbocycles. The number of imidazole rings is 1. The quantitative estimate of drug-likeness (QED) is 0.824. The van der Waals surface area contributed by atoms with Crippen LogP contribution in [0.2, 0.25) is 0 Å². The number of aliphatic hydroxyl groups is 1. The second kappa shape index (κ2) is 4.81. The molecule has 84 valence electrons. The van der Waals surface area contributed by atoms with Crippen LogP contribution >= 0.6 is 0 Å². The minimum absolute atomic E-state index is 0.0238. The minimum Gasteiger partial charge on any atom is -0.494 e. The fourth-order valence-corrected chi connectivity index (χ4v) is 1.46. The first kappa shape index (κ1) is 10.7. The second-order valence-corrected chi connectivity index (χ2v) is 3.37. The number of benzene rings is 1. The van der Waals surface area contributed by atoms with Gasteiger partial charge in [-0.15, -0.1) is 0 Å². The molecule has 0 saturated carbocycles. The zero-order chi connectivity index (χ0) is 11.4. The standard InChI is InChI=1S/C12H14N2O2/c1-2-16-11-5-3-9(4-6-11)12-13-7-10(8-15)14-12/h3-7,15H,2,8H2,1H3,(H,13,14). The Bertz CT molecular complexity index is 448. The predicted molar refractivity (Wildman–Crippen MR) is 61.1 cm³/mol. The molecule has 0 atom stereocenters. The van der Waals surface area contributed by atoms with Gasteiger partial charge in [0.1, 0.15) is 11.6 Å². The minimum atomic E-state index is -0.0238. The van der Waals surface area contributed by atoms with Gasteiger partial charge in [-0.05, 0) is 31.2 Å². The van der Waals surface area contributed by atoms with Crippen LogP contribution in [0.4, 0.5) is 0 Å². The maximum absolute atomic E-state index is 8.92. The van der Waals surface area contributed by atoms with E-state index < -0.39 is 0 Å². The Morgan fingerprint density at radius 2 is 2.06 bits per heavy atom. The SMILES string of the molecule is CCOc1ccc(-c2ncc(CO)[nH]2)cc1. The van der Waals surface area contributed by atoms with E-state index in [1.54, 1.807) is 6.20 Å². The molecule has 0 amide bonds. The monoisotopic (exact) mass is 218 g/mol. The third-order valence-corrected chi connectivity index (χ3v) is 2.24. The summed E-state index contributed by atoms with van der Waals surface area (Å²) in [5.74, 6) is 1.60. The van der Waals surface area contributed by atoms with E-state index in [1.807, 2.05) is 31.2 Å². The summed E-state index contributed by atoms with van der Waals surface area (Å²) in [5, 5.41) is 8.92. The van der Waals surface area contributed by atoms with Crippen LogP contribution in [0, 0.1) is 0 Å². The highest BCUT2D eigenvalue weighted by Gasteiger charge is 2.02. The van der Waals surface area contributed by atoms with E-state index in [1.165, 1.54) is 0 Å². The van der Waals surface area contributed by atoms with Gasteiger partial charge in [0.15, 0.2) is 0 Å². The lowest BCUT2D eigenvalue weighted by Crippen LogP contribution is -1.91. The molecule has 0 fully saturated rings. The van der Waals surface area contributed by atoms with E-state index in [4.69, 9.17) is 9.84 Å². The van der Waals surface area contributed by atoms with Gasteiger partial charge in [0, 0.05) is 5.56 Å². The summed E-state index contributed by atoms with van der Waals surface area (Å²) >= 11 is 0. The molecule has 0 aliphatic heterocycles. The lowest BCUT2D eigenvalue weighted by molar-refractivity contribution is 0.277. The summed E-state index contributed by atoms with van der Waals surface area (Å²) in [6.45, 7) is 2.59. The number of nitrogens with zero attached hydrogens (tertiary/aromatic N) is 1. The third kappa shape index (κ3) is 2.23. The second-order valence-electron chi connectivity index (χ2n) is 3.37. The molecule has 2 rings (SSSR count). The fourth-order valence-electron chi connectivity index (χ4n) is 1.46. The molecule has 4 heteroatoms. The molecule has 0 unspecified atom stereocenters.